The van der Waals surface area contributed by atoms with Gasteiger partial charge in [-0.05, 0) is 32.9 Å². The number of benzene rings is 1. The summed E-state index contributed by atoms with van der Waals surface area (Å²) in [5.41, 5.74) is 2.05. The number of nitrogens with one attached hydrogen (secondary N) is 1. The Labute approximate surface area is 135 Å². The lowest BCUT2D eigenvalue weighted by Crippen LogP contribution is -2.36. The molecule has 0 aliphatic carbocycles. The summed E-state index contributed by atoms with van der Waals surface area (Å²) in [6, 6.07) is 10.1. The van der Waals surface area contributed by atoms with E-state index in [1.54, 1.807) is 0 Å². The van der Waals surface area contributed by atoms with E-state index in [0.29, 0.717) is 11.7 Å². The number of likely N-dealkylation sites (tertiary alicyclic amines) is 1. The van der Waals surface area contributed by atoms with E-state index >= 15 is 0 Å². The third kappa shape index (κ3) is 3.72. The zero-order valence-electron chi connectivity index (χ0n) is 12.8. The van der Waals surface area contributed by atoms with Crippen molar-refractivity contribution in [1.82, 2.24) is 9.88 Å². The monoisotopic (exact) mass is 315 g/mol. The van der Waals surface area contributed by atoms with Crippen LogP contribution < -0.4 is 5.32 Å². The molecule has 1 aliphatic heterocycles. The van der Waals surface area contributed by atoms with Crippen LogP contribution in [0.2, 0.25) is 0 Å². The maximum absolute atomic E-state index is 12.2. The average Bonchev–Trinajstić information content (AvgIpc) is 2.89. The van der Waals surface area contributed by atoms with Gasteiger partial charge in [0.1, 0.15) is 0 Å². The van der Waals surface area contributed by atoms with Crippen molar-refractivity contribution in [3.8, 4) is 11.3 Å². The number of hydrogen-bond donors (Lipinski definition) is 1. The molecule has 2 heterocycles. The molecule has 22 heavy (non-hydrogen) atoms. The van der Waals surface area contributed by atoms with Gasteiger partial charge in [-0.15, -0.1) is 11.3 Å². The number of amides is 1. The smallest absolute Gasteiger partial charge is 0.240 e. The molecule has 1 amide bonds. The molecular weight excluding hydrogens is 294 g/mol. The first-order chi connectivity index (χ1) is 10.7. The molecule has 1 aliphatic rings. The molecule has 1 aromatic heterocycles. The molecule has 0 atom stereocenters. The van der Waals surface area contributed by atoms with E-state index in [0.717, 1.165) is 29.2 Å². The lowest BCUT2D eigenvalue weighted by atomic mass is 10.1. The SMILES string of the molecule is Cc1sc(NC(=O)CN2CCCCC2)nc1-c1ccccc1. The van der Waals surface area contributed by atoms with Crippen molar-refractivity contribution in [2.45, 2.75) is 26.2 Å². The summed E-state index contributed by atoms with van der Waals surface area (Å²) in [4.78, 5) is 20.1. The first-order valence-corrected chi connectivity index (χ1v) is 8.59. The number of anilines is 1. The number of aromatic nitrogens is 1. The molecule has 1 aromatic carbocycles. The molecule has 1 saturated heterocycles. The normalized spacial score (nSPS) is 15.7. The molecule has 3 rings (SSSR count). The second-order valence-electron chi connectivity index (χ2n) is 5.67. The van der Waals surface area contributed by atoms with Gasteiger partial charge in [0, 0.05) is 10.4 Å². The highest BCUT2D eigenvalue weighted by molar-refractivity contribution is 7.16. The number of carbonyl (C=O) groups is 1. The van der Waals surface area contributed by atoms with Crippen LogP contribution in [-0.4, -0.2) is 35.4 Å². The number of thiazole rings is 1. The molecular formula is C17H21N3OS. The third-order valence-electron chi connectivity index (χ3n) is 3.91. The Kier molecular flexibility index (Phi) is 4.85. The van der Waals surface area contributed by atoms with Gasteiger partial charge in [0.15, 0.2) is 5.13 Å². The summed E-state index contributed by atoms with van der Waals surface area (Å²) < 4.78 is 0. The molecule has 5 heteroatoms. The lowest BCUT2D eigenvalue weighted by molar-refractivity contribution is -0.117. The number of rotatable bonds is 4. The molecule has 2 aromatic rings. The summed E-state index contributed by atoms with van der Waals surface area (Å²) in [6.07, 6.45) is 3.67. The van der Waals surface area contributed by atoms with E-state index in [2.05, 4.69) is 15.2 Å². The maximum atomic E-state index is 12.2. The standard InChI is InChI=1S/C17H21N3OS/c1-13-16(14-8-4-2-5-9-14)19-17(22-13)18-15(21)12-20-10-6-3-7-11-20/h2,4-5,8-9H,3,6-7,10-12H2,1H3,(H,18,19,21). The molecule has 0 radical (unpaired) electrons. The summed E-state index contributed by atoms with van der Waals surface area (Å²) >= 11 is 1.54. The molecule has 116 valence electrons. The lowest BCUT2D eigenvalue weighted by Gasteiger charge is -2.25. The highest BCUT2D eigenvalue weighted by Crippen LogP contribution is 2.30. The second-order valence-corrected chi connectivity index (χ2v) is 6.88. The fraction of sp³-hybridized carbons (Fsp3) is 0.412. The van der Waals surface area contributed by atoms with Crippen molar-refractivity contribution >= 4 is 22.4 Å². The van der Waals surface area contributed by atoms with E-state index in [-0.39, 0.29) is 5.91 Å². The number of hydrogen-bond acceptors (Lipinski definition) is 4. The van der Waals surface area contributed by atoms with Crippen LogP contribution in [0.25, 0.3) is 11.3 Å². The molecule has 1 N–H and O–H groups in total. The first kappa shape index (κ1) is 15.2. The molecule has 0 spiro atoms. The number of nitrogens with zero attached hydrogens (tertiary/aromatic N) is 2. The Balaban J connectivity index is 1.64. The van der Waals surface area contributed by atoms with Crippen molar-refractivity contribution in [3.63, 3.8) is 0 Å². The van der Waals surface area contributed by atoms with E-state index < -0.39 is 0 Å². The van der Waals surface area contributed by atoms with Crippen LogP contribution in [0, 0.1) is 6.92 Å². The Morgan fingerprint density at radius 1 is 1.23 bits per heavy atom. The largest absolute Gasteiger partial charge is 0.301 e. The average molecular weight is 315 g/mol. The van der Waals surface area contributed by atoms with Gasteiger partial charge in [-0.25, -0.2) is 4.98 Å². The van der Waals surface area contributed by atoms with Crippen LogP contribution in [-0.2, 0) is 4.79 Å². The van der Waals surface area contributed by atoms with E-state index in [1.165, 1.54) is 30.6 Å². The van der Waals surface area contributed by atoms with E-state index in [1.807, 2.05) is 37.3 Å². The molecule has 4 nitrogen and oxygen atoms in total. The van der Waals surface area contributed by atoms with Crippen molar-refractivity contribution in [3.05, 3.63) is 35.2 Å². The minimum atomic E-state index is 0.0373. The number of piperidine rings is 1. The van der Waals surface area contributed by atoms with Crippen molar-refractivity contribution in [2.75, 3.05) is 25.0 Å². The predicted molar refractivity (Wildman–Crippen MR) is 91.2 cm³/mol. The summed E-state index contributed by atoms with van der Waals surface area (Å²) in [7, 11) is 0. The third-order valence-corrected chi connectivity index (χ3v) is 4.79. The van der Waals surface area contributed by atoms with Gasteiger partial charge in [-0.1, -0.05) is 36.8 Å². The molecule has 1 fully saturated rings. The van der Waals surface area contributed by atoms with Crippen LogP contribution >= 0.6 is 11.3 Å². The minimum Gasteiger partial charge on any atom is -0.301 e. The van der Waals surface area contributed by atoms with Crippen molar-refractivity contribution in [2.24, 2.45) is 0 Å². The van der Waals surface area contributed by atoms with Gasteiger partial charge in [-0.2, -0.15) is 0 Å². The highest BCUT2D eigenvalue weighted by Gasteiger charge is 2.16. The Morgan fingerprint density at radius 2 is 1.95 bits per heavy atom. The topological polar surface area (TPSA) is 45.2 Å². The van der Waals surface area contributed by atoms with Crippen LogP contribution in [0.3, 0.4) is 0 Å². The fourth-order valence-electron chi connectivity index (χ4n) is 2.79. The first-order valence-electron chi connectivity index (χ1n) is 7.77. The quantitative estimate of drug-likeness (QED) is 0.938. The molecule has 0 saturated carbocycles. The van der Waals surface area contributed by atoms with Gasteiger partial charge in [0.2, 0.25) is 5.91 Å². The Morgan fingerprint density at radius 3 is 2.68 bits per heavy atom. The van der Waals surface area contributed by atoms with Gasteiger partial charge < -0.3 is 5.32 Å². The Hall–Kier alpha value is -1.72. The molecule has 0 unspecified atom stereocenters. The Bertz CT molecular complexity index is 633. The summed E-state index contributed by atoms with van der Waals surface area (Å²) in [5.74, 6) is 0.0373. The van der Waals surface area contributed by atoms with Gasteiger partial charge in [0.05, 0.1) is 12.2 Å². The molecule has 0 bridgehead atoms. The van der Waals surface area contributed by atoms with Crippen LogP contribution in [0.1, 0.15) is 24.1 Å². The highest BCUT2D eigenvalue weighted by atomic mass is 32.1. The second kappa shape index (κ2) is 7.03. The van der Waals surface area contributed by atoms with E-state index in [9.17, 15) is 4.79 Å². The zero-order chi connectivity index (χ0) is 15.4. The van der Waals surface area contributed by atoms with Crippen LogP contribution in [0.4, 0.5) is 5.13 Å². The summed E-state index contributed by atoms with van der Waals surface area (Å²) in [5, 5.41) is 3.64. The van der Waals surface area contributed by atoms with Crippen LogP contribution in [0.15, 0.2) is 30.3 Å². The fourth-order valence-corrected chi connectivity index (χ4v) is 3.65. The zero-order valence-corrected chi connectivity index (χ0v) is 13.7. The van der Waals surface area contributed by atoms with Crippen molar-refractivity contribution in [1.29, 1.82) is 0 Å². The van der Waals surface area contributed by atoms with Crippen LogP contribution in [0.5, 0.6) is 0 Å². The van der Waals surface area contributed by atoms with Gasteiger partial charge in [-0.3, -0.25) is 9.69 Å². The maximum Gasteiger partial charge on any atom is 0.240 e. The van der Waals surface area contributed by atoms with Gasteiger partial charge in [0.25, 0.3) is 0 Å². The predicted octanol–water partition coefficient (Wildman–Crippen LogP) is 3.54. The van der Waals surface area contributed by atoms with Gasteiger partial charge >= 0.3 is 0 Å². The number of aryl methyl sites for hydroxylation is 1. The van der Waals surface area contributed by atoms with E-state index in [4.69, 9.17) is 0 Å². The minimum absolute atomic E-state index is 0.0373. The van der Waals surface area contributed by atoms with Crippen molar-refractivity contribution < 1.29 is 4.79 Å². The summed E-state index contributed by atoms with van der Waals surface area (Å²) in [6.45, 7) is 4.57. The number of carbonyl (C=O) groups excluding carboxylic acids is 1.